The summed E-state index contributed by atoms with van der Waals surface area (Å²) in [6.07, 6.45) is 3.14. The normalized spacial score (nSPS) is 12.6. The zero-order chi connectivity index (χ0) is 24.2. The monoisotopic (exact) mass is 525 g/mol. The maximum Gasteiger partial charge on any atom is 0.279 e. The van der Waals surface area contributed by atoms with Crippen molar-refractivity contribution in [3.63, 3.8) is 0 Å². The molecule has 0 N–H and O–H groups in total. The van der Waals surface area contributed by atoms with Gasteiger partial charge in [0.25, 0.3) is 5.91 Å². The number of hydrogen-bond donors (Lipinski definition) is 0. The molecular formula is C23H25Cl2N3O3S2. The fourth-order valence-electron chi connectivity index (χ4n) is 3.41. The van der Waals surface area contributed by atoms with Gasteiger partial charge in [-0.1, -0.05) is 54.5 Å². The Balaban J connectivity index is 1.99. The molecule has 0 saturated heterocycles. The van der Waals surface area contributed by atoms with Gasteiger partial charge >= 0.3 is 0 Å². The lowest BCUT2D eigenvalue weighted by atomic mass is 10.2. The second kappa shape index (κ2) is 11.0. The van der Waals surface area contributed by atoms with E-state index >= 15 is 0 Å². The molecule has 2 aromatic carbocycles. The third-order valence-corrected chi connectivity index (χ3v) is 8.68. The van der Waals surface area contributed by atoms with E-state index in [0.29, 0.717) is 45.6 Å². The van der Waals surface area contributed by atoms with Gasteiger partial charge in [0.2, 0.25) is 10.0 Å². The van der Waals surface area contributed by atoms with Crippen LogP contribution < -0.4 is 4.80 Å². The molecule has 176 valence electrons. The summed E-state index contributed by atoms with van der Waals surface area (Å²) >= 11 is 13.9. The van der Waals surface area contributed by atoms with Gasteiger partial charge in [0.1, 0.15) is 0 Å². The van der Waals surface area contributed by atoms with Crippen molar-refractivity contribution in [1.82, 2.24) is 8.87 Å². The zero-order valence-corrected chi connectivity index (χ0v) is 21.6. The molecule has 1 amide bonds. The standard InChI is InChI=1S/C23H25Cl2N3O3S2/c1-4-13-27(14-5-2)33(30,31)17-9-7-16(8-10-17)22(29)26-23-28(15-6-3)21-19(32-23)12-11-18(24)20(21)25/h6-12H,3-5,13-15H2,1-2H3. The van der Waals surface area contributed by atoms with E-state index in [1.54, 1.807) is 16.7 Å². The molecule has 3 aromatic rings. The predicted molar refractivity (Wildman–Crippen MR) is 136 cm³/mol. The molecule has 33 heavy (non-hydrogen) atoms. The van der Waals surface area contributed by atoms with Gasteiger partial charge in [0.15, 0.2) is 4.80 Å². The third kappa shape index (κ3) is 5.41. The Morgan fingerprint density at radius 1 is 1.12 bits per heavy atom. The molecule has 10 heteroatoms. The van der Waals surface area contributed by atoms with E-state index in [4.69, 9.17) is 23.2 Å². The van der Waals surface area contributed by atoms with Crippen molar-refractivity contribution in [2.75, 3.05) is 13.1 Å². The number of benzene rings is 2. The molecule has 0 bridgehead atoms. The van der Waals surface area contributed by atoms with Crippen molar-refractivity contribution < 1.29 is 13.2 Å². The van der Waals surface area contributed by atoms with E-state index in [9.17, 15) is 13.2 Å². The minimum absolute atomic E-state index is 0.158. The summed E-state index contributed by atoms with van der Waals surface area (Å²) in [6.45, 7) is 8.95. The van der Waals surface area contributed by atoms with Gasteiger partial charge < -0.3 is 4.57 Å². The van der Waals surface area contributed by atoms with Crippen LogP contribution in [0, 0.1) is 0 Å². The molecule has 0 fully saturated rings. The van der Waals surface area contributed by atoms with Crippen molar-refractivity contribution in [3.8, 4) is 0 Å². The lowest BCUT2D eigenvalue weighted by Crippen LogP contribution is -2.32. The Bertz CT molecular complexity index is 1340. The molecule has 0 spiro atoms. The van der Waals surface area contributed by atoms with Crippen LogP contribution in [0.2, 0.25) is 10.0 Å². The SMILES string of the molecule is C=CCn1c(=NC(=O)c2ccc(S(=O)(=O)N(CCC)CCC)cc2)sc2ccc(Cl)c(Cl)c21. The number of hydrogen-bond acceptors (Lipinski definition) is 4. The topological polar surface area (TPSA) is 71.7 Å². The number of aromatic nitrogens is 1. The molecule has 0 saturated carbocycles. The second-order valence-electron chi connectivity index (χ2n) is 7.34. The first kappa shape index (κ1) is 25.6. The van der Waals surface area contributed by atoms with E-state index in [0.717, 1.165) is 17.5 Å². The Hall–Kier alpha value is -1.97. The number of sulfonamides is 1. The van der Waals surface area contributed by atoms with Crippen LogP contribution in [-0.2, 0) is 16.6 Å². The molecule has 0 aliphatic heterocycles. The average Bonchev–Trinajstić information content (AvgIpc) is 3.14. The molecule has 0 radical (unpaired) electrons. The molecule has 0 atom stereocenters. The highest BCUT2D eigenvalue weighted by atomic mass is 35.5. The first-order valence-electron chi connectivity index (χ1n) is 10.5. The number of carbonyl (C=O) groups excluding carboxylic acids is 1. The lowest BCUT2D eigenvalue weighted by Gasteiger charge is -2.21. The summed E-state index contributed by atoms with van der Waals surface area (Å²) in [7, 11) is -3.62. The first-order chi connectivity index (χ1) is 15.7. The van der Waals surface area contributed by atoms with Gasteiger partial charge in [-0.15, -0.1) is 6.58 Å². The van der Waals surface area contributed by atoms with Crippen molar-refractivity contribution in [1.29, 1.82) is 0 Å². The van der Waals surface area contributed by atoms with E-state index < -0.39 is 15.9 Å². The van der Waals surface area contributed by atoms with Gasteiger partial charge in [0, 0.05) is 25.2 Å². The number of carbonyl (C=O) groups is 1. The minimum atomic E-state index is -3.62. The lowest BCUT2D eigenvalue weighted by molar-refractivity contribution is 0.0997. The molecule has 0 unspecified atom stereocenters. The van der Waals surface area contributed by atoms with Crippen LogP contribution in [0.4, 0.5) is 0 Å². The summed E-state index contributed by atoms with van der Waals surface area (Å²) in [5.41, 5.74) is 0.979. The Kier molecular flexibility index (Phi) is 8.53. The van der Waals surface area contributed by atoms with Crippen molar-refractivity contribution in [2.45, 2.75) is 38.1 Å². The molecule has 1 aromatic heterocycles. The van der Waals surface area contributed by atoms with Crippen molar-refractivity contribution >= 4 is 60.7 Å². The van der Waals surface area contributed by atoms with E-state index in [1.165, 1.54) is 39.9 Å². The van der Waals surface area contributed by atoms with Crippen LogP contribution in [0.3, 0.4) is 0 Å². The highest BCUT2D eigenvalue weighted by Crippen LogP contribution is 2.32. The molecule has 1 heterocycles. The molecule has 6 nitrogen and oxygen atoms in total. The molecule has 3 rings (SSSR count). The van der Waals surface area contributed by atoms with Crippen LogP contribution >= 0.6 is 34.5 Å². The average molecular weight is 527 g/mol. The number of rotatable bonds is 9. The summed E-state index contributed by atoms with van der Waals surface area (Å²) in [4.78, 5) is 17.8. The predicted octanol–water partition coefficient (Wildman–Crippen LogP) is 5.75. The van der Waals surface area contributed by atoms with Gasteiger partial charge in [-0.25, -0.2) is 8.42 Å². The van der Waals surface area contributed by atoms with E-state index in [1.807, 2.05) is 19.9 Å². The summed E-state index contributed by atoms with van der Waals surface area (Å²) in [6, 6.07) is 9.42. The summed E-state index contributed by atoms with van der Waals surface area (Å²) in [5, 5.41) is 0.800. The minimum Gasteiger partial charge on any atom is -0.311 e. The van der Waals surface area contributed by atoms with Gasteiger partial charge in [-0.05, 0) is 49.2 Å². The number of thiazole rings is 1. The van der Waals surface area contributed by atoms with Crippen LogP contribution in [-0.4, -0.2) is 36.3 Å². The largest absolute Gasteiger partial charge is 0.311 e. The Morgan fingerprint density at radius 3 is 2.33 bits per heavy atom. The van der Waals surface area contributed by atoms with Crippen molar-refractivity contribution in [3.05, 3.63) is 69.5 Å². The Labute approximate surface area is 207 Å². The molecule has 0 aliphatic carbocycles. The van der Waals surface area contributed by atoms with Crippen LogP contribution in [0.1, 0.15) is 37.0 Å². The van der Waals surface area contributed by atoms with Crippen molar-refractivity contribution in [2.24, 2.45) is 4.99 Å². The Morgan fingerprint density at radius 2 is 1.76 bits per heavy atom. The van der Waals surface area contributed by atoms with E-state index in [2.05, 4.69) is 11.6 Å². The van der Waals surface area contributed by atoms with Gasteiger partial charge in [-0.3, -0.25) is 4.79 Å². The quantitative estimate of drug-likeness (QED) is 0.334. The zero-order valence-electron chi connectivity index (χ0n) is 18.4. The van der Waals surface area contributed by atoms with E-state index in [-0.39, 0.29) is 4.90 Å². The number of amides is 1. The fraction of sp³-hybridized carbons (Fsp3) is 0.304. The smallest absolute Gasteiger partial charge is 0.279 e. The number of halogens is 2. The van der Waals surface area contributed by atoms with Crippen LogP contribution in [0.15, 0.2) is 58.9 Å². The highest BCUT2D eigenvalue weighted by Gasteiger charge is 2.23. The first-order valence-corrected chi connectivity index (χ1v) is 13.5. The third-order valence-electron chi connectivity index (χ3n) is 4.93. The molecular weight excluding hydrogens is 501 g/mol. The number of nitrogens with zero attached hydrogens (tertiary/aromatic N) is 3. The van der Waals surface area contributed by atoms with Gasteiger partial charge in [-0.2, -0.15) is 9.30 Å². The van der Waals surface area contributed by atoms with Gasteiger partial charge in [0.05, 0.1) is 25.2 Å². The van der Waals surface area contributed by atoms with Crippen LogP contribution in [0.25, 0.3) is 10.2 Å². The summed E-state index contributed by atoms with van der Waals surface area (Å²) in [5.74, 6) is -0.482. The molecule has 0 aliphatic rings. The maximum absolute atomic E-state index is 12.9. The number of fused-ring (bicyclic) bond motifs is 1. The maximum atomic E-state index is 12.9. The second-order valence-corrected chi connectivity index (χ2v) is 11.1. The number of allylic oxidation sites excluding steroid dienone is 1. The fourth-order valence-corrected chi connectivity index (χ4v) is 6.55. The highest BCUT2D eigenvalue weighted by molar-refractivity contribution is 7.89. The van der Waals surface area contributed by atoms with Crippen LogP contribution in [0.5, 0.6) is 0 Å². The summed E-state index contributed by atoms with van der Waals surface area (Å²) < 4.78 is 30.0.